The van der Waals surface area contributed by atoms with Crippen molar-refractivity contribution in [3.63, 3.8) is 0 Å². The largest absolute Gasteiger partial charge is 0.292 e. The Morgan fingerprint density at radius 3 is 3.00 bits per heavy atom. The minimum atomic E-state index is -0.379. The summed E-state index contributed by atoms with van der Waals surface area (Å²) in [6, 6.07) is 5.06. The quantitative estimate of drug-likeness (QED) is 0.880. The number of rotatable bonds is 5. The second-order valence-electron chi connectivity index (χ2n) is 4.34. The number of aryl methyl sites for hydroxylation is 1. The van der Waals surface area contributed by atoms with Crippen molar-refractivity contribution in [1.82, 2.24) is 15.0 Å². The SMILES string of the molecule is CCc1cc(=O)[nH]c(NC(=O)c2ncccc2CSC)n1. The molecule has 21 heavy (non-hydrogen) atoms. The number of carbonyl (C=O) groups is 1. The van der Waals surface area contributed by atoms with Gasteiger partial charge in [-0.2, -0.15) is 11.8 Å². The van der Waals surface area contributed by atoms with E-state index in [9.17, 15) is 9.59 Å². The molecule has 6 nitrogen and oxygen atoms in total. The number of nitrogens with zero attached hydrogens (tertiary/aromatic N) is 2. The highest BCUT2D eigenvalue weighted by atomic mass is 32.2. The molecule has 2 rings (SSSR count). The molecule has 0 fully saturated rings. The minimum absolute atomic E-state index is 0.144. The topological polar surface area (TPSA) is 87.7 Å². The van der Waals surface area contributed by atoms with Crippen molar-refractivity contribution in [3.05, 3.63) is 51.7 Å². The van der Waals surface area contributed by atoms with Crippen molar-refractivity contribution in [1.29, 1.82) is 0 Å². The van der Waals surface area contributed by atoms with Crippen LogP contribution in [0.4, 0.5) is 5.95 Å². The highest BCUT2D eigenvalue weighted by molar-refractivity contribution is 7.97. The number of aromatic nitrogens is 3. The molecule has 0 saturated heterocycles. The average Bonchev–Trinajstić information content (AvgIpc) is 2.47. The molecule has 2 heterocycles. The first kappa shape index (κ1) is 15.2. The van der Waals surface area contributed by atoms with E-state index in [0.29, 0.717) is 23.6 Å². The summed E-state index contributed by atoms with van der Waals surface area (Å²) < 4.78 is 0. The fourth-order valence-electron chi connectivity index (χ4n) is 1.83. The fraction of sp³-hybridized carbons (Fsp3) is 0.286. The summed E-state index contributed by atoms with van der Waals surface area (Å²) in [5, 5.41) is 2.60. The molecule has 0 aliphatic heterocycles. The van der Waals surface area contributed by atoms with Crippen molar-refractivity contribution in [2.24, 2.45) is 0 Å². The van der Waals surface area contributed by atoms with Gasteiger partial charge in [0.1, 0.15) is 5.69 Å². The van der Waals surface area contributed by atoms with E-state index < -0.39 is 0 Å². The lowest BCUT2D eigenvalue weighted by Gasteiger charge is -2.08. The van der Waals surface area contributed by atoms with Gasteiger partial charge < -0.3 is 0 Å². The summed E-state index contributed by atoms with van der Waals surface area (Å²) in [4.78, 5) is 34.6. The number of carbonyl (C=O) groups excluding carboxylic acids is 1. The number of aromatic amines is 1. The predicted molar refractivity (Wildman–Crippen MR) is 83.6 cm³/mol. The summed E-state index contributed by atoms with van der Waals surface area (Å²) in [5.74, 6) is 0.455. The fourth-order valence-corrected chi connectivity index (χ4v) is 2.37. The van der Waals surface area contributed by atoms with E-state index in [1.165, 1.54) is 6.07 Å². The Kier molecular flexibility index (Phi) is 5.10. The highest BCUT2D eigenvalue weighted by Gasteiger charge is 2.14. The van der Waals surface area contributed by atoms with Gasteiger partial charge in [0.25, 0.3) is 11.5 Å². The number of amides is 1. The van der Waals surface area contributed by atoms with Crippen LogP contribution in [0, 0.1) is 0 Å². The molecule has 0 spiro atoms. The number of nitrogens with one attached hydrogen (secondary N) is 2. The van der Waals surface area contributed by atoms with Gasteiger partial charge in [-0.05, 0) is 24.3 Å². The lowest BCUT2D eigenvalue weighted by atomic mass is 10.2. The summed E-state index contributed by atoms with van der Waals surface area (Å²) in [5.41, 5.74) is 1.52. The third-order valence-electron chi connectivity index (χ3n) is 2.80. The van der Waals surface area contributed by atoms with Crippen LogP contribution in [0.3, 0.4) is 0 Å². The minimum Gasteiger partial charge on any atom is -0.292 e. The summed E-state index contributed by atoms with van der Waals surface area (Å²) >= 11 is 1.61. The zero-order chi connectivity index (χ0) is 15.2. The van der Waals surface area contributed by atoms with Gasteiger partial charge in [-0.3, -0.25) is 24.9 Å². The number of hydrogen-bond donors (Lipinski definition) is 2. The number of pyridine rings is 1. The average molecular weight is 304 g/mol. The van der Waals surface area contributed by atoms with Crippen molar-refractivity contribution in [3.8, 4) is 0 Å². The lowest BCUT2D eigenvalue weighted by molar-refractivity contribution is 0.102. The molecule has 0 atom stereocenters. The van der Waals surface area contributed by atoms with Crippen LogP contribution in [0.1, 0.15) is 28.7 Å². The van der Waals surface area contributed by atoms with Gasteiger partial charge in [-0.15, -0.1) is 0 Å². The van der Waals surface area contributed by atoms with Crippen LogP contribution in [0.25, 0.3) is 0 Å². The maximum atomic E-state index is 12.3. The molecule has 2 N–H and O–H groups in total. The van der Waals surface area contributed by atoms with Crippen molar-refractivity contribution >= 4 is 23.6 Å². The van der Waals surface area contributed by atoms with E-state index in [1.807, 2.05) is 19.2 Å². The molecule has 0 radical (unpaired) electrons. The molecule has 0 unspecified atom stereocenters. The van der Waals surface area contributed by atoms with Gasteiger partial charge in [0.15, 0.2) is 0 Å². The molecule has 1 amide bonds. The molecular formula is C14H16N4O2S. The second-order valence-corrected chi connectivity index (χ2v) is 5.20. The Labute approximate surface area is 126 Å². The predicted octanol–water partition coefficient (Wildman–Crippen LogP) is 1.84. The van der Waals surface area contributed by atoms with Crippen LogP contribution in [0.15, 0.2) is 29.2 Å². The van der Waals surface area contributed by atoms with Crippen LogP contribution in [-0.4, -0.2) is 27.1 Å². The second kappa shape index (κ2) is 7.03. The highest BCUT2D eigenvalue weighted by Crippen LogP contribution is 2.13. The number of hydrogen-bond acceptors (Lipinski definition) is 5. The van der Waals surface area contributed by atoms with Crippen molar-refractivity contribution in [2.45, 2.75) is 19.1 Å². The van der Waals surface area contributed by atoms with Crippen molar-refractivity contribution < 1.29 is 4.79 Å². The van der Waals surface area contributed by atoms with Gasteiger partial charge in [0.05, 0.1) is 0 Å². The molecule has 2 aromatic rings. The maximum absolute atomic E-state index is 12.3. The van der Waals surface area contributed by atoms with Crippen LogP contribution in [0.2, 0.25) is 0 Å². The Morgan fingerprint density at radius 2 is 2.29 bits per heavy atom. The monoisotopic (exact) mass is 304 g/mol. The molecule has 110 valence electrons. The van der Waals surface area contributed by atoms with Crippen LogP contribution in [-0.2, 0) is 12.2 Å². The standard InChI is InChI=1S/C14H16N4O2S/c1-3-10-7-11(19)17-14(16-10)18-13(20)12-9(8-21-2)5-4-6-15-12/h4-7H,3,8H2,1-2H3,(H2,16,17,18,19,20). The van der Waals surface area contributed by atoms with Gasteiger partial charge in [0.2, 0.25) is 5.95 Å². The van der Waals surface area contributed by atoms with E-state index in [4.69, 9.17) is 0 Å². The molecule has 2 aromatic heterocycles. The molecule has 0 aromatic carbocycles. The van der Waals surface area contributed by atoms with E-state index >= 15 is 0 Å². The summed E-state index contributed by atoms with van der Waals surface area (Å²) in [6.07, 6.45) is 4.14. The van der Waals surface area contributed by atoms with Crippen molar-refractivity contribution in [2.75, 3.05) is 11.6 Å². The Bertz CT molecular complexity index is 699. The van der Waals surface area contributed by atoms with Gasteiger partial charge >= 0.3 is 0 Å². The Balaban J connectivity index is 2.26. The summed E-state index contributed by atoms with van der Waals surface area (Å²) in [6.45, 7) is 1.89. The van der Waals surface area contributed by atoms with Gasteiger partial charge in [-0.25, -0.2) is 4.98 Å². The number of thioether (sulfide) groups is 1. The maximum Gasteiger partial charge on any atom is 0.276 e. The van der Waals surface area contributed by atoms with E-state index in [1.54, 1.807) is 24.0 Å². The van der Waals surface area contributed by atoms with Crippen LogP contribution in [0.5, 0.6) is 0 Å². The smallest absolute Gasteiger partial charge is 0.276 e. The molecular weight excluding hydrogens is 288 g/mol. The number of H-pyrrole nitrogens is 1. The first-order valence-electron chi connectivity index (χ1n) is 6.48. The molecule has 0 aliphatic rings. The first-order chi connectivity index (χ1) is 10.1. The number of anilines is 1. The van der Waals surface area contributed by atoms with E-state index in [-0.39, 0.29) is 17.4 Å². The molecule has 0 bridgehead atoms. The third-order valence-corrected chi connectivity index (χ3v) is 3.39. The normalized spacial score (nSPS) is 10.4. The first-order valence-corrected chi connectivity index (χ1v) is 7.87. The molecule has 0 saturated carbocycles. The Hall–Kier alpha value is -2.15. The van der Waals surface area contributed by atoms with E-state index in [2.05, 4.69) is 20.3 Å². The van der Waals surface area contributed by atoms with Gasteiger partial charge in [-0.1, -0.05) is 13.0 Å². The zero-order valence-electron chi connectivity index (χ0n) is 11.8. The van der Waals surface area contributed by atoms with Crippen LogP contribution < -0.4 is 10.9 Å². The Morgan fingerprint density at radius 1 is 1.48 bits per heavy atom. The zero-order valence-corrected chi connectivity index (χ0v) is 12.7. The lowest BCUT2D eigenvalue weighted by Crippen LogP contribution is -2.21. The molecule has 7 heteroatoms. The van der Waals surface area contributed by atoms with Gasteiger partial charge in [0, 0.05) is 23.7 Å². The summed E-state index contributed by atoms with van der Waals surface area (Å²) in [7, 11) is 0. The van der Waals surface area contributed by atoms with E-state index in [0.717, 1.165) is 5.56 Å². The third kappa shape index (κ3) is 3.91. The molecule has 0 aliphatic carbocycles. The van der Waals surface area contributed by atoms with Crippen LogP contribution >= 0.6 is 11.8 Å².